The van der Waals surface area contributed by atoms with Crippen molar-refractivity contribution in [1.82, 2.24) is 15.3 Å². The zero-order chi connectivity index (χ0) is 15.9. The lowest BCUT2D eigenvalue weighted by molar-refractivity contribution is 0.0370. The summed E-state index contributed by atoms with van der Waals surface area (Å²) in [5.74, 6) is -0.222. The van der Waals surface area contributed by atoms with Gasteiger partial charge in [0.05, 0.1) is 24.0 Å². The van der Waals surface area contributed by atoms with Crippen molar-refractivity contribution in [1.29, 1.82) is 0 Å². The Morgan fingerprint density at radius 2 is 2.13 bits per heavy atom. The highest BCUT2D eigenvalue weighted by Gasteiger charge is 2.36. The minimum absolute atomic E-state index is 0.198. The van der Waals surface area contributed by atoms with Gasteiger partial charge >= 0.3 is 0 Å². The summed E-state index contributed by atoms with van der Waals surface area (Å²) in [5, 5.41) is 13.7. The monoisotopic (exact) mass is 307 g/mol. The second kappa shape index (κ2) is 5.21. The molecule has 23 heavy (non-hydrogen) atoms. The number of nitrogens with one attached hydrogen (secondary N) is 2. The molecular formula is C18H17N3O2. The Morgan fingerprint density at radius 1 is 1.26 bits per heavy atom. The number of nitrogens with zero attached hydrogens (tertiary/aromatic N) is 1. The Bertz CT molecular complexity index is 887. The van der Waals surface area contributed by atoms with Gasteiger partial charge in [-0.1, -0.05) is 30.3 Å². The lowest BCUT2D eigenvalue weighted by atomic mass is 9.96. The molecule has 1 unspecified atom stereocenters. The van der Waals surface area contributed by atoms with Crippen molar-refractivity contribution in [2.24, 2.45) is 0 Å². The van der Waals surface area contributed by atoms with E-state index < -0.39 is 5.60 Å². The first-order valence-corrected chi connectivity index (χ1v) is 7.68. The first kappa shape index (κ1) is 14.0. The third-order valence-electron chi connectivity index (χ3n) is 4.56. The zero-order valence-electron chi connectivity index (χ0n) is 12.5. The number of carbonyl (C=O) groups is 1. The Balaban J connectivity index is 1.56. The lowest BCUT2D eigenvalue weighted by Gasteiger charge is -2.24. The van der Waals surface area contributed by atoms with E-state index in [4.69, 9.17) is 0 Å². The Morgan fingerprint density at radius 3 is 3.04 bits per heavy atom. The number of amides is 1. The van der Waals surface area contributed by atoms with Crippen molar-refractivity contribution >= 4 is 16.9 Å². The maximum absolute atomic E-state index is 12.5. The molecule has 0 saturated carbocycles. The average molecular weight is 307 g/mol. The highest BCUT2D eigenvalue weighted by Crippen LogP contribution is 2.36. The molecule has 5 nitrogen and oxygen atoms in total. The molecule has 1 amide bonds. The molecule has 0 spiro atoms. The van der Waals surface area contributed by atoms with Crippen molar-refractivity contribution in [3.8, 4) is 0 Å². The predicted molar refractivity (Wildman–Crippen MR) is 87.1 cm³/mol. The standard InChI is InChI=1S/C18H17N3O2/c22-17(13-5-3-7-15-16(13)21-11-20-15)19-10-18(23)9-8-12-4-1-2-6-14(12)18/h1-7,11,23H,8-10H2,(H,19,22)(H,20,21). The molecule has 1 heterocycles. The molecule has 1 atom stereocenters. The number of hydrogen-bond acceptors (Lipinski definition) is 3. The lowest BCUT2D eigenvalue weighted by Crippen LogP contribution is -2.39. The number of H-pyrrole nitrogens is 1. The van der Waals surface area contributed by atoms with Crippen LogP contribution in [0.4, 0.5) is 0 Å². The molecule has 0 saturated heterocycles. The van der Waals surface area contributed by atoms with Crippen LogP contribution in [-0.4, -0.2) is 27.5 Å². The summed E-state index contributed by atoms with van der Waals surface area (Å²) in [6.45, 7) is 0.198. The molecule has 116 valence electrons. The normalized spacial score (nSPS) is 19.7. The first-order valence-electron chi connectivity index (χ1n) is 7.68. The minimum Gasteiger partial charge on any atom is -0.383 e. The number of para-hydroxylation sites is 1. The van der Waals surface area contributed by atoms with Gasteiger partial charge in [-0.05, 0) is 36.1 Å². The van der Waals surface area contributed by atoms with Gasteiger partial charge in [-0.25, -0.2) is 4.98 Å². The average Bonchev–Trinajstić information content (AvgIpc) is 3.18. The molecular weight excluding hydrogens is 290 g/mol. The highest BCUT2D eigenvalue weighted by atomic mass is 16.3. The van der Waals surface area contributed by atoms with Crippen LogP contribution in [0.2, 0.25) is 0 Å². The van der Waals surface area contributed by atoms with Gasteiger partial charge in [0, 0.05) is 0 Å². The highest BCUT2D eigenvalue weighted by molar-refractivity contribution is 6.04. The van der Waals surface area contributed by atoms with E-state index in [9.17, 15) is 9.90 Å². The molecule has 1 aliphatic carbocycles. The predicted octanol–water partition coefficient (Wildman–Crippen LogP) is 2.13. The summed E-state index contributed by atoms with van der Waals surface area (Å²) in [6, 6.07) is 13.3. The van der Waals surface area contributed by atoms with Crippen LogP contribution in [0.1, 0.15) is 27.9 Å². The van der Waals surface area contributed by atoms with Crippen molar-refractivity contribution in [2.45, 2.75) is 18.4 Å². The van der Waals surface area contributed by atoms with Gasteiger partial charge in [-0.15, -0.1) is 0 Å². The second-order valence-corrected chi connectivity index (χ2v) is 5.98. The molecule has 0 radical (unpaired) electrons. The molecule has 0 aliphatic heterocycles. The third-order valence-corrected chi connectivity index (χ3v) is 4.56. The second-order valence-electron chi connectivity index (χ2n) is 5.98. The van der Waals surface area contributed by atoms with E-state index in [0.29, 0.717) is 17.5 Å². The Labute approximate surface area is 133 Å². The van der Waals surface area contributed by atoms with Crippen molar-refractivity contribution in [3.63, 3.8) is 0 Å². The molecule has 3 N–H and O–H groups in total. The SMILES string of the molecule is O=C(NCC1(O)CCc2ccccc21)c1cccc2[nH]cnc12. The fraction of sp³-hybridized carbons (Fsp3) is 0.222. The van der Waals surface area contributed by atoms with Gasteiger partial charge in [-0.2, -0.15) is 0 Å². The van der Waals surface area contributed by atoms with E-state index in [1.54, 1.807) is 12.4 Å². The number of hydrogen-bond donors (Lipinski definition) is 3. The number of imidazole rings is 1. The van der Waals surface area contributed by atoms with Crippen LogP contribution in [0, 0.1) is 0 Å². The van der Waals surface area contributed by atoms with Crippen LogP contribution in [0.5, 0.6) is 0 Å². The smallest absolute Gasteiger partial charge is 0.253 e. The van der Waals surface area contributed by atoms with E-state index in [-0.39, 0.29) is 12.5 Å². The summed E-state index contributed by atoms with van der Waals surface area (Å²) in [7, 11) is 0. The summed E-state index contributed by atoms with van der Waals surface area (Å²) in [6.07, 6.45) is 3.03. The van der Waals surface area contributed by atoms with E-state index >= 15 is 0 Å². The third kappa shape index (κ3) is 2.29. The quantitative estimate of drug-likeness (QED) is 0.693. The minimum atomic E-state index is -0.994. The molecule has 4 rings (SSSR count). The van der Waals surface area contributed by atoms with Crippen LogP contribution in [0.3, 0.4) is 0 Å². The van der Waals surface area contributed by atoms with Crippen molar-refractivity contribution in [2.75, 3.05) is 6.54 Å². The van der Waals surface area contributed by atoms with Gasteiger partial charge in [0.1, 0.15) is 11.1 Å². The summed E-state index contributed by atoms with van der Waals surface area (Å²) in [5.41, 5.74) is 3.05. The number of aromatic nitrogens is 2. The van der Waals surface area contributed by atoms with E-state index in [2.05, 4.69) is 15.3 Å². The molecule has 0 fully saturated rings. The van der Waals surface area contributed by atoms with Gasteiger partial charge in [-0.3, -0.25) is 4.79 Å². The zero-order valence-corrected chi connectivity index (χ0v) is 12.5. The number of aliphatic hydroxyl groups is 1. The van der Waals surface area contributed by atoms with Crippen molar-refractivity contribution in [3.05, 3.63) is 65.5 Å². The van der Waals surface area contributed by atoms with Crippen LogP contribution in [-0.2, 0) is 12.0 Å². The number of carbonyl (C=O) groups excluding carboxylic acids is 1. The van der Waals surface area contributed by atoms with Crippen LogP contribution in [0.15, 0.2) is 48.8 Å². The topological polar surface area (TPSA) is 78.0 Å². The van der Waals surface area contributed by atoms with Gasteiger partial charge in [0.2, 0.25) is 0 Å². The fourth-order valence-electron chi connectivity index (χ4n) is 3.32. The molecule has 1 aromatic heterocycles. The maximum atomic E-state index is 12.5. The summed E-state index contributed by atoms with van der Waals surface area (Å²) >= 11 is 0. The summed E-state index contributed by atoms with van der Waals surface area (Å²) < 4.78 is 0. The van der Waals surface area contributed by atoms with E-state index in [0.717, 1.165) is 23.1 Å². The van der Waals surface area contributed by atoms with Crippen LogP contribution >= 0.6 is 0 Å². The molecule has 1 aliphatic rings. The Hall–Kier alpha value is -2.66. The van der Waals surface area contributed by atoms with Crippen LogP contribution < -0.4 is 5.32 Å². The van der Waals surface area contributed by atoms with E-state index in [1.165, 1.54) is 0 Å². The Kier molecular flexibility index (Phi) is 3.16. The maximum Gasteiger partial charge on any atom is 0.253 e. The number of benzene rings is 2. The number of fused-ring (bicyclic) bond motifs is 2. The van der Waals surface area contributed by atoms with Gasteiger partial charge < -0.3 is 15.4 Å². The van der Waals surface area contributed by atoms with Gasteiger partial charge in [0.25, 0.3) is 5.91 Å². The molecule has 0 bridgehead atoms. The number of aromatic amines is 1. The number of rotatable bonds is 3. The summed E-state index contributed by atoms with van der Waals surface area (Å²) in [4.78, 5) is 19.7. The van der Waals surface area contributed by atoms with Gasteiger partial charge in [0.15, 0.2) is 0 Å². The first-order chi connectivity index (χ1) is 11.2. The van der Waals surface area contributed by atoms with E-state index in [1.807, 2.05) is 36.4 Å². The van der Waals surface area contributed by atoms with Crippen LogP contribution in [0.25, 0.3) is 11.0 Å². The molecule has 3 aromatic rings. The van der Waals surface area contributed by atoms with Crippen molar-refractivity contribution < 1.29 is 9.90 Å². The largest absolute Gasteiger partial charge is 0.383 e. The number of aryl methyl sites for hydroxylation is 1. The fourth-order valence-corrected chi connectivity index (χ4v) is 3.32. The molecule has 2 aromatic carbocycles. The molecule has 5 heteroatoms.